The number of anilines is 1. The Balaban J connectivity index is 2.04. The van der Waals surface area contributed by atoms with Crippen molar-refractivity contribution in [1.82, 2.24) is 9.66 Å². The van der Waals surface area contributed by atoms with Gasteiger partial charge in [0, 0.05) is 17.5 Å². The molecule has 3 rings (SSSR count). The maximum absolute atomic E-state index is 10.7. The van der Waals surface area contributed by atoms with Gasteiger partial charge in [0.15, 0.2) is 5.49 Å². The molecule has 8 nitrogen and oxygen atoms in total. The predicted octanol–water partition coefficient (Wildman–Crippen LogP) is 1.89. The third-order valence-corrected chi connectivity index (χ3v) is 3.37. The molecule has 0 atom stereocenters. The van der Waals surface area contributed by atoms with Crippen molar-refractivity contribution in [2.24, 2.45) is 5.10 Å². The summed E-state index contributed by atoms with van der Waals surface area (Å²) in [5.74, 6) is 6.63. The van der Waals surface area contributed by atoms with Crippen molar-refractivity contribution in [3.63, 3.8) is 0 Å². The summed E-state index contributed by atoms with van der Waals surface area (Å²) >= 11 is 0. The number of nitro benzene ring substituents is 1. The molecule has 23 heavy (non-hydrogen) atoms. The van der Waals surface area contributed by atoms with E-state index in [9.17, 15) is 10.1 Å². The summed E-state index contributed by atoms with van der Waals surface area (Å²) in [5, 5.41) is 15.8. The zero-order chi connectivity index (χ0) is 16.4. The molecule has 0 amide bonds. The van der Waals surface area contributed by atoms with E-state index >= 15 is 0 Å². The molecule has 116 valence electrons. The summed E-state index contributed by atoms with van der Waals surface area (Å²) in [6.45, 7) is 1.79. The number of hydrogen-bond donors (Lipinski definition) is 2. The van der Waals surface area contributed by atoms with Gasteiger partial charge in [0.1, 0.15) is 5.82 Å². The summed E-state index contributed by atoms with van der Waals surface area (Å²) in [6, 6.07) is 13.5. The Labute approximate surface area is 131 Å². The molecule has 0 unspecified atom stereocenters. The Morgan fingerprint density at radius 2 is 1.91 bits per heavy atom. The fraction of sp³-hybridized carbons (Fsp3) is 0.0667. The van der Waals surface area contributed by atoms with Crippen molar-refractivity contribution in [1.29, 1.82) is 0 Å². The Morgan fingerprint density at radius 1 is 1.22 bits per heavy atom. The van der Waals surface area contributed by atoms with Crippen LogP contribution in [0.5, 0.6) is 0 Å². The molecule has 1 aromatic heterocycles. The Bertz CT molecular complexity index is 946. The fourth-order valence-corrected chi connectivity index (χ4v) is 2.16. The highest BCUT2D eigenvalue weighted by Crippen LogP contribution is 2.15. The number of aromatic nitrogens is 2. The van der Waals surface area contributed by atoms with E-state index in [4.69, 9.17) is 5.84 Å². The van der Waals surface area contributed by atoms with Gasteiger partial charge in [-0.1, -0.05) is 12.1 Å². The predicted molar refractivity (Wildman–Crippen MR) is 86.9 cm³/mol. The largest absolute Gasteiger partial charge is 0.336 e. The quantitative estimate of drug-likeness (QED) is 0.436. The average Bonchev–Trinajstić information content (AvgIpc) is 2.55. The van der Waals surface area contributed by atoms with Crippen molar-refractivity contribution in [3.8, 4) is 0 Å². The number of non-ortho nitro benzene ring substituents is 1. The van der Waals surface area contributed by atoms with E-state index in [0.717, 1.165) is 10.9 Å². The Kier molecular flexibility index (Phi) is 3.63. The van der Waals surface area contributed by atoms with Crippen LogP contribution >= 0.6 is 0 Å². The van der Waals surface area contributed by atoms with Crippen LogP contribution in [0.1, 0.15) is 5.82 Å². The van der Waals surface area contributed by atoms with Crippen LogP contribution in [0.3, 0.4) is 0 Å². The lowest BCUT2D eigenvalue weighted by Crippen LogP contribution is -2.32. The molecular formula is C15H14N6O2. The zero-order valence-electron chi connectivity index (χ0n) is 12.3. The number of nitrogens with zero attached hydrogens (tertiary/aromatic N) is 4. The minimum Gasteiger partial charge on any atom is -0.336 e. The first-order valence-electron chi connectivity index (χ1n) is 6.84. The third kappa shape index (κ3) is 2.82. The first kappa shape index (κ1) is 14.5. The lowest BCUT2D eigenvalue weighted by Gasteiger charge is -2.08. The van der Waals surface area contributed by atoms with E-state index in [1.165, 1.54) is 16.8 Å². The smallest absolute Gasteiger partial charge is 0.269 e. The van der Waals surface area contributed by atoms with Gasteiger partial charge in [-0.15, -0.1) is 0 Å². The first-order valence-corrected chi connectivity index (χ1v) is 6.84. The summed E-state index contributed by atoms with van der Waals surface area (Å²) in [5.41, 5.74) is 4.81. The maximum Gasteiger partial charge on any atom is 0.269 e. The van der Waals surface area contributed by atoms with Gasteiger partial charge in [-0.25, -0.2) is 9.66 Å². The summed E-state index contributed by atoms with van der Waals surface area (Å²) in [7, 11) is 0. The monoisotopic (exact) mass is 310 g/mol. The molecule has 3 N–H and O–H groups in total. The average molecular weight is 310 g/mol. The topological polar surface area (TPSA) is 111 Å². The van der Waals surface area contributed by atoms with Gasteiger partial charge in [-0.2, -0.15) is 5.10 Å². The number of nitrogen functional groups attached to an aromatic ring is 1. The van der Waals surface area contributed by atoms with Crippen LogP contribution in [0.15, 0.2) is 53.6 Å². The first-order chi connectivity index (χ1) is 11.1. The van der Waals surface area contributed by atoms with E-state index in [2.05, 4.69) is 15.5 Å². The highest BCUT2D eigenvalue weighted by molar-refractivity contribution is 5.77. The van der Waals surface area contributed by atoms with Crippen LogP contribution < -0.4 is 16.8 Å². The number of rotatable bonds is 3. The molecule has 0 saturated heterocycles. The molecule has 0 aliphatic heterocycles. The zero-order valence-corrected chi connectivity index (χ0v) is 12.3. The lowest BCUT2D eigenvalue weighted by molar-refractivity contribution is -0.384. The second-order valence-corrected chi connectivity index (χ2v) is 4.90. The molecule has 3 aromatic rings. The van der Waals surface area contributed by atoms with Crippen molar-refractivity contribution in [2.75, 3.05) is 11.3 Å². The number of hydrogen-bond acceptors (Lipinski definition) is 6. The molecule has 8 heteroatoms. The number of aryl methyl sites for hydroxylation is 1. The van der Waals surface area contributed by atoms with Crippen LogP contribution in [0.25, 0.3) is 10.9 Å². The van der Waals surface area contributed by atoms with Gasteiger partial charge in [0.25, 0.3) is 5.69 Å². The minimum atomic E-state index is -0.450. The number of nitro groups is 1. The van der Waals surface area contributed by atoms with Gasteiger partial charge >= 0.3 is 0 Å². The van der Waals surface area contributed by atoms with Gasteiger partial charge in [0.2, 0.25) is 0 Å². The van der Waals surface area contributed by atoms with E-state index in [0.29, 0.717) is 17.0 Å². The highest BCUT2D eigenvalue weighted by atomic mass is 16.6. The van der Waals surface area contributed by atoms with Crippen molar-refractivity contribution >= 4 is 22.3 Å². The molecule has 0 spiro atoms. The number of nitrogens with one attached hydrogen (secondary N) is 1. The van der Waals surface area contributed by atoms with Gasteiger partial charge in [-0.05, 0) is 31.2 Å². The highest BCUT2D eigenvalue weighted by Gasteiger charge is 2.05. The van der Waals surface area contributed by atoms with Gasteiger partial charge in [-0.3, -0.25) is 15.5 Å². The van der Waals surface area contributed by atoms with Crippen molar-refractivity contribution in [2.45, 2.75) is 6.92 Å². The number of benzene rings is 2. The summed E-state index contributed by atoms with van der Waals surface area (Å²) in [4.78, 5) is 14.6. The van der Waals surface area contributed by atoms with E-state index in [1.54, 1.807) is 19.1 Å². The van der Waals surface area contributed by atoms with Crippen LogP contribution in [0.2, 0.25) is 0 Å². The fourth-order valence-electron chi connectivity index (χ4n) is 2.16. The van der Waals surface area contributed by atoms with Crippen LogP contribution in [-0.2, 0) is 0 Å². The van der Waals surface area contributed by atoms with Gasteiger partial charge < -0.3 is 5.84 Å². The van der Waals surface area contributed by atoms with E-state index in [-0.39, 0.29) is 5.69 Å². The molecule has 0 aliphatic carbocycles. The summed E-state index contributed by atoms with van der Waals surface area (Å²) < 4.78 is 1.39. The van der Waals surface area contributed by atoms with Crippen molar-refractivity contribution < 1.29 is 4.92 Å². The second kappa shape index (κ2) is 5.76. The standard InChI is InChI=1S/C15H14N6O2/c1-10-17-14-5-3-2-4-13(14)15(20(10)16)19-18-11-6-8-12(9-7-11)21(22)23/h2-9,18H,16H2,1H3/b19-15+. The molecule has 0 aliphatic rings. The number of para-hydroxylation sites is 1. The molecule has 0 fully saturated rings. The number of fused-ring (bicyclic) bond motifs is 1. The Morgan fingerprint density at radius 3 is 2.61 bits per heavy atom. The van der Waals surface area contributed by atoms with Crippen LogP contribution in [0, 0.1) is 17.0 Å². The third-order valence-electron chi connectivity index (χ3n) is 3.37. The van der Waals surface area contributed by atoms with Crippen molar-refractivity contribution in [3.05, 3.63) is 70.0 Å². The molecule has 1 heterocycles. The number of nitrogens with two attached hydrogens (primary N) is 1. The van der Waals surface area contributed by atoms with Gasteiger partial charge in [0.05, 0.1) is 16.1 Å². The Hall–Kier alpha value is -3.42. The maximum atomic E-state index is 10.7. The molecule has 2 aromatic carbocycles. The normalized spacial score (nSPS) is 11.6. The van der Waals surface area contributed by atoms with E-state index < -0.39 is 4.92 Å². The second-order valence-electron chi connectivity index (χ2n) is 4.90. The van der Waals surface area contributed by atoms with Crippen LogP contribution in [0.4, 0.5) is 11.4 Å². The SMILES string of the molecule is Cc1nc2ccccc2/c(=N\Nc2ccc([N+](=O)[O-])cc2)n1N. The molecule has 0 saturated carbocycles. The van der Waals surface area contributed by atoms with Crippen LogP contribution in [-0.4, -0.2) is 14.6 Å². The molecule has 0 radical (unpaired) electrons. The molecular weight excluding hydrogens is 296 g/mol. The summed E-state index contributed by atoms with van der Waals surface area (Å²) in [6.07, 6.45) is 0. The van der Waals surface area contributed by atoms with E-state index in [1.807, 2.05) is 24.3 Å². The molecule has 0 bridgehead atoms. The lowest BCUT2D eigenvalue weighted by atomic mass is 10.2. The minimum absolute atomic E-state index is 0.0228.